The summed E-state index contributed by atoms with van der Waals surface area (Å²) in [5.41, 5.74) is 3.36. The molecule has 0 saturated heterocycles. The number of hydrogen-bond donors (Lipinski definition) is 4. The summed E-state index contributed by atoms with van der Waals surface area (Å²) in [6.07, 6.45) is 0. The molecule has 0 saturated carbocycles. The van der Waals surface area contributed by atoms with E-state index in [1.165, 1.54) is 0 Å². The van der Waals surface area contributed by atoms with E-state index >= 15 is 0 Å². The van der Waals surface area contributed by atoms with Crippen molar-refractivity contribution in [3.8, 4) is 0 Å². The molecule has 0 aliphatic rings. The Morgan fingerprint density at radius 3 is 2.55 bits per heavy atom. The summed E-state index contributed by atoms with van der Waals surface area (Å²) in [6.45, 7) is 0.112. The number of benzene rings is 1. The van der Waals surface area contributed by atoms with Crippen molar-refractivity contribution >= 4 is 23.4 Å². The molecule has 0 bridgehead atoms. The van der Waals surface area contributed by atoms with Gasteiger partial charge in [0.25, 0.3) is 5.69 Å². The molecule has 9 nitrogen and oxygen atoms in total. The Morgan fingerprint density at radius 1 is 1.40 bits per heavy atom. The van der Waals surface area contributed by atoms with E-state index in [0.717, 1.165) is 6.07 Å². The number of nitrogens with one attached hydrogen (secondary N) is 2. The van der Waals surface area contributed by atoms with Gasteiger partial charge in [-0.1, -0.05) is 0 Å². The van der Waals surface area contributed by atoms with Crippen LogP contribution in [-0.2, 0) is 0 Å². The summed E-state index contributed by atoms with van der Waals surface area (Å²) >= 11 is 0. The van der Waals surface area contributed by atoms with Gasteiger partial charge in [0.2, 0.25) is 0 Å². The van der Waals surface area contributed by atoms with Crippen LogP contribution in [-0.4, -0.2) is 35.1 Å². The Morgan fingerprint density at radius 2 is 2.05 bits per heavy atom. The maximum absolute atomic E-state index is 13.3. The molecule has 0 atom stereocenters. The van der Waals surface area contributed by atoms with Gasteiger partial charge in [0, 0.05) is 13.1 Å². The van der Waals surface area contributed by atoms with E-state index in [0.29, 0.717) is 6.07 Å². The van der Waals surface area contributed by atoms with Gasteiger partial charge in [0.1, 0.15) is 11.5 Å². The molecule has 5 N–H and O–H groups in total. The summed E-state index contributed by atoms with van der Waals surface area (Å²) < 4.78 is 13.3. The predicted octanol–water partition coefficient (Wildman–Crippen LogP) is 0.512. The molecule has 1 rings (SSSR count). The summed E-state index contributed by atoms with van der Waals surface area (Å²) in [5.74, 6) is -2.75. The van der Waals surface area contributed by atoms with Gasteiger partial charge in [-0.3, -0.25) is 10.1 Å². The largest absolute Gasteiger partial charge is 0.478 e. The molecule has 1 aromatic rings. The topological polar surface area (TPSA) is 148 Å². The lowest BCUT2D eigenvalue weighted by molar-refractivity contribution is -0.384. The molecule has 0 spiro atoms. The lowest BCUT2D eigenvalue weighted by Gasteiger charge is -2.09. The molecule has 0 heterocycles. The number of halogens is 1. The van der Waals surface area contributed by atoms with Crippen molar-refractivity contribution in [2.45, 2.75) is 0 Å². The molecule has 20 heavy (non-hydrogen) atoms. The predicted molar refractivity (Wildman–Crippen MR) is 66.1 cm³/mol. The second-order valence-corrected chi connectivity index (χ2v) is 3.63. The zero-order valence-corrected chi connectivity index (χ0v) is 10.1. The number of amides is 2. The van der Waals surface area contributed by atoms with Gasteiger partial charge in [0.05, 0.1) is 16.6 Å². The van der Waals surface area contributed by atoms with E-state index in [4.69, 9.17) is 10.8 Å². The number of nitro groups is 1. The highest BCUT2D eigenvalue weighted by Gasteiger charge is 2.21. The second kappa shape index (κ2) is 6.31. The second-order valence-electron chi connectivity index (χ2n) is 3.63. The molecule has 0 fully saturated rings. The molecular weight excluding hydrogens is 275 g/mol. The zero-order valence-electron chi connectivity index (χ0n) is 10.1. The van der Waals surface area contributed by atoms with Crippen molar-refractivity contribution in [2.24, 2.45) is 5.73 Å². The van der Waals surface area contributed by atoms with Gasteiger partial charge in [-0.25, -0.2) is 14.0 Å². The number of anilines is 1. The first-order valence-electron chi connectivity index (χ1n) is 5.31. The SMILES string of the molecule is NC(=O)NCCNc1cc(C(=O)O)c(F)cc1[N+](=O)[O-]. The Hall–Kier alpha value is -2.91. The number of nitro benzene ring substituents is 1. The number of carbonyl (C=O) groups is 2. The average Bonchev–Trinajstić information content (AvgIpc) is 2.34. The average molecular weight is 286 g/mol. The van der Waals surface area contributed by atoms with E-state index < -0.39 is 34.0 Å². The number of carboxylic acid groups (broad SMARTS) is 1. The molecule has 2 amide bonds. The number of nitrogens with two attached hydrogens (primary N) is 1. The van der Waals surface area contributed by atoms with Crippen molar-refractivity contribution in [2.75, 3.05) is 18.4 Å². The number of nitrogens with zero attached hydrogens (tertiary/aromatic N) is 1. The third-order valence-electron chi connectivity index (χ3n) is 2.25. The van der Waals surface area contributed by atoms with Crippen LogP contribution in [0.1, 0.15) is 10.4 Å². The number of aromatic carboxylic acids is 1. The van der Waals surface area contributed by atoms with Crippen molar-refractivity contribution in [3.05, 3.63) is 33.6 Å². The minimum absolute atomic E-state index is 0.0501. The fourth-order valence-corrected chi connectivity index (χ4v) is 1.40. The van der Waals surface area contributed by atoms with Crippen LogP contribution in [0.3, 0.4) is 0 Å². The van der Waals surface area contributed by atoms with Crippen LogP contribution in [0.25, 0.3) is 0 Å². The molecule has 0 aliphatic carbocycles. The Kier molecular flexibility index (Phi) is 4.78. The smallest absolute Gasteiger partial charge is 0.338 e. The number of urea groups is 1. The standard InChI is InChI=1S/C10H11FN4O5/c11-6-4-8(15(19)20)7(3-5(6)9(16)17)13-1-2-14-10(12)18/h3-4,13H,1-2H2,(H,16,17)(H3,12,14,18). The van der Waals surface area contributed by atoms with Crippen LogP contribution in [0.2, 0.25) is 0 Å². The molecule has 0 aromatic heterocycles. The molecule has 10 heteroatoms. The molecule has 0 aliphatic heterocycles. The number of primary amides is 1. The van der Waals surface area contributed by atoms with E-state index in [1.807, 2.05) is 0 Å². The lowest BCUT2D eigenvalue weighted by atomic mass is 10.1. The highest BCUT2D eigenvalue weighted by molar-refractivity contribution is 5.90. The third-order valence-corrected chi connectivity index (χ3v) is 2.25. The van der Waals surface area contributed by atoms with E-state index in [1.54, 1.807) is 0 Å². The maximum atomic E-state index is 13.3. The Balaban J connectivity index is 2.96. The quantitative estimate of drug-likeness (QED) is 0.340. The molecule has 0 unspecified atom stereocenters. The maximum Gasteiger partial charge on any atom is 0.338 e. The van der Waals surface area contributed by atoms with Crippen LogP contribution >= 0.6 is 0 Å². The summed E-state index contributed by atoms with van der Waals surface area (Å²) in [7, 11) is 0. The monoisotopic (exact) mass is 286 g/mol. The van der Waals surface area contributed by atoms with Crippen molar-refractivity contribution in [1.82, 2.24) is 5.32 Å². The molecular formula is C10H11FN4O5. The number of hydrogen-bond acceptors (Lipinski definition) is 5. The van der Waals surface area contributed by atoms with Crippen LogP contribution in [0.4, 0.5) is 20.6 Å². The minimum Gasteiger partial charge on any atom is -0.478 e. The highest BCUT2D eigenvalue weighted by Crippen LogP contribution is 2.27. The fourth-order valence-electron chi connectivity index (χ4n) is 1.40. The van der Waals surface area contributed by atoms with Gasteiger partial charge in [-0.05, 0) is 6.07 Å². The van der Waals surface area contributed by atoms with Gasteiger partial charge < -0.3 is 21.5 Å². The van der Waals surface area contributed by atoms with Crippen LogP contribution < -0.4 is 16.4 Å². The van der Waals surface area contributed by atoms with Crippen LogP contribution in [0, 0.1) is 15.9 Å². The highest BCUT2D eigenvalue weighted by atomic mass is 19.1. The van der Waals surface area contributed by atoms with Crippen molar-refractivity contribution in [3.63, 3.8) is 0 Å². The third kappa shape index (κ3) is 3.80. The van der Waals surface area contributed by atoms with Gasteiger partial charge in [-0.2, -0.15) is 0 Å². The molecule has 0 radical (unpaired) electrons. The first-order chi connectivity index (χ1) is 9.32. The Bertz CT molecular complexity index is 563. The minimum atomic E-state index is -1.55. The number of rotatable bonds is 6. The molecule has 108 valence electrons. The van der Waals surface area contributed by atoms with Gasteiger partial charge >= 0.3 is 12.0 Å². The first kappa shape index (κ1) is 15.1. The van der Waals surface area contributed by atoms with Gasteiger partial charge in [0.15, 0.2) is 0 Å². The van der Waals surface area contributed by atoms with Crippen molar-refractivity contribution in [1.29, 1.82) is 0 Å². The van der Waals surface area contributed by atoms with Crippen LogP contribution in [0.5, 0.6) is 0 Å². The zero-order chi connectivity index (χ0) is 15.3. The van der Waals surface area contributed by atoms with E-state index in [9.17, 15) is 24.1 Å². The summed E-state index contributed by atoms with van der Waals surface area (Å²) in [4.78, 5) is 31.1. The van der Waals surface area contributed by atoms with Crippen LogP contribution in [0.15, 0.2) is 12.1 Å². The number of carboxylic acids is 1. The number of carbonyl (C=O) groups excluding carboxylic acids is 1. The first-order valence-corrected chi connectivity index (χ1v) is 5.31. The Labute approximate surface area is 111 Å². The summed E-state index contributed by atoms with van der Waals surface area (Å²) in [5, 5.41) is 24.3. The van der Waals surface area contributed by atoms with E-state index in [-0.39, 0.29) is 18.8 Å². The van der Waals surface area contributed by atoms with Crippen molar-refractivity contribution < 1.29 is 24.0 Å². The molecule has 1 aromatic carbocycles. The van der Waals surface area contributed by atoms with Gasteiger partial charge in [-0.15, -0.1) is 0 Å². The fraction of sp³-hybridized carbons (Fsp3) is 0.200. The summed E-state index contributed by atoms with van der Waals surface area (Å²) in [6, 6.07) is 0.569. The normalized spacial score (nSPS) is 9.85. The lowest BCUT2D eigenvalue weighted by Crippen LogP contribution is -2.33. The van der Waals surface area contributed by atoms with E-state index in [2.05, 4.69) is 10.6 Å².